The number of hydrogen-bond acceptors (Lipinski definition) is 4. The highest BCUT2D eigenvalue weighted by Gasteiger charge is 2.08. The quantitative estimate of drug-likeness (QED) is 0.556. The molecule has 0 aliphatic heterocycles. The molecule has 0 aromatic carbocycles. The van der Waals surface area contributed by atoms with Gasteiger partial charge < -0.3 is 0 Å². The van der Waals surface area contributed by atoms with Crippen LogP contribution in [0.1, 0.15) is 78.1 Å². The Morgan fingerprint density at radius 1 is 0.857 bits per heavy atom. The van der Waals surface area contributed by atoms with Crippen LogP contribution >= 0.6 is 11.8 Å². The lowest BCUT2D eigenvalue weighted by atomic mass is 10.1. The third-order valence-corrected chi connectivity index (χ3v) is 4.10. The predicted octanol–water partition coefficient (Wildman–Crippen LogP) is 3.83. The summed E-state index contributed by atoms with van der Waals surface area (Å²) in [6.45, 7) is 3.51. The molecule has 122 valence electrons. The Morgan fingerprint density at radius 2 is 1.38 bits per heavy atom. The number of thioether (sulfide) groups is 1. The van der Waals surface area contributed by atoms with Crippen LogP contribution in [0.3, 0.4) is 0 Å². The number of carbonyl (C=O) groups excluding carboxylic acids is 3. The van der Waals surface area contributed by atoms with Crippen molar-refractivity contribution < 1.29 is 14.4 Å². The van der Waals surface area contributed by atoms with Gasteiger partial charge in [0.15, 0.2) is 5.12 Å². The maximum absolute atomic E-state index is 11.5. The third kappa shape index (κ3) is 15.4. The van der Waals surface area contributed by atoms with E-state index in [2.05, 4.69) is 12.2 Å². The van der Waals surface area contributed by atoms with E-state index in [0.717, 1.165) is 24.6 Å². The minimum absolute atomic E-state index is 0.0375. The Labute approximate surface area is 132 Å². The average Bonchev–Trinajstić information content (AvgIpc) is 2.42. The van der Waals surface area contributed by atoms with Gasteiger partial charge in [-0.1, -0.05) is 70.1 Å². The lowest BCUT2D eigenvalue weighted by Crippen LogP contribution is -2.29. The monoisotopic (exact) mass is 315 g/mol. The molecule has 0 atom stereocenters. The number of unbranched alkanes of at least 4 members (excludes halogenated alkanes) is 8. The molecule has 0 unspecified atom stereocenters. The van der Waals surface area contributed by atoms with Gasteiger partial charge >= 0.3 is 0 Å². The molecule has 2 amide bonds. The first-order valence-corrected chi connectivity index (χ1v) is 9.00. The first kappa shape index (κ1) is 20.2. The van der Waals surface area contributed by atoms with Gasteiger partial charge in [0.05, 0.1) is 5.75 Å². The van der Waals surface area contributed by atoms with Crippen LogP contribution in [0.25, 0.3) is 0 Å². The standard InChI is InChI=1S/C16H29NO3S/c1-3-4-5-6-7-8-9-10-11-12-16(20)21-13-15(19)17-14(2)18/h3-13H2,1-2H3,(H,17,18,19). The Balaban J connectivity index is 3.34. The average molecular weight is 315 g/mol. The summed E-state index contributed by atoms with van der Waals surface area (Å²) in [5, 5.41) is 2.19. The van der Waals surface area contributed by atoms with Gasteiger partial charge in [0.25, 0.3) is 0 Å². The van der Waals surface area contributed by atoms with Gasteiger partial charge in [-0.05, 0) is 6.42 Å². The maximum Gasteiger partial charge on any atom is 0.237 e. The van der Waals surface area contributed by atoms with Crippen LogP contribution in [0.4, 0.5) is 0 Å². The van der Waals surface area contributed by atoms with Gasteiger partial charge in [-0.25, -0.2) is 0 Å². The van der Waals surface area contributed by atoms with Crippen molar-refractivity contribution in [3.05, 3.63) is 0 Å². The number of amides is 2. The highest BCUT2D eigenvalue weighted by molar-refractivity contribution is 8.14. The predicted molar refractivity (Wildman–Crippen MR) is 88.1 cm³/mol. The van der Waals surface area contributed by atoms with Crippen molar-refractivity contribution in [2.24, 2.45) is 0 Å². The van der Waals surface area contributed by atoms with E-state index < -0.39 is 5.91 Å². The number of carbonyl (C=O) groups is 3. The molecule has 0 aromatic heterocycles. The normalized spacial score (nSPS) is 10.4. The molecule has 1 N–H and O–H groups in total. The minimum atomic E-state index is -0.395. The van der Waals surface area contributed by atoms with Gasteiger partial charge in [0.2, 0.25) is 11.8 Å². The number of nitrogens with one attached hydrogen (secondary N) is 1. The first-order chi connectivity index (χ1) is 10.1. The summed E-state index contributed by atoms with van der Waals surface area (Å²) in [5.74, 6) is -0.740. The van der Waals surface area contributed by atoms with Crippen molar-refractivity contribution in [3.63, 3.8) is 0 Å². The fourth-order valence-corrected chi connectivity index (χ4v) is 2.68. The maximum atomic E-state index is 11.5. The molecule has 0 aliphatic carbocycles. The smallest absolute Gasteiger partial charge is 0.237 e. The van der Waals surface area contributed by atoms with Gasteiger partial charge in [-0.15, -0.1) is 0 Å². The molecular weight excluding hydrogens is 286 g/mol. The summed E-state index contributed by atoms with van der Waals surface area (Å²) in [5.41, 5.74) is 0. The van der Waals surface area contributed by atoms with Crippen LogP contribution in [-0.4, -0.2) is 22.7 Å². The highest BCUT2D eigenvalue weighted by atomic mass is 32.2. The van der Waals surface area contributed by atoms with Crippen LogP contribution in [-0.2, 0) is 14.4 Å². The van der Waals surface area contributed by atoms with Gasteiger partial charge in [0, 0.05) is 13.3 Å². The number of imide groups is 1. The molecule has 0 rings (SSSR count). The molecule has 0 saturated heterocycles. The largest absolute Gasteiger partial charge is 0.296 e. The number of hydrogen-bond donors (Lipinski definition) is 1. The topological polar surface area (TPSA) is 63.2 Å². The van der Waals surface area contributed by atoms with Crippen molar-refractivity contribution in [2.45, 2.75) is 78.1 Å². The minimum Gasteiger partial charge on any atom is -0.296 e. The summed E-state index contributed by atoms with van der Waals surface area (Å²) in [6.07, 6.45) is 11.5. The van der Waals surface area contributed by atoms with Crippen LogP contribution in [0.15, 0.2) is 0 Å². The van der Waals surface area contributed by atoms with E-state index in [1.54, 1.807) is 0 Å². The Kier molecular flexibility index (Phi) is 13.5. The summed E-state index contributed by atoms with van der Waals surface area (Å²) in [6, 6.07) is 0. The molecule has 0 radical (unpaired) electrons. The second-order valence-electron chi connectivity index (χ2n) is 5.34. The van der Waals surface area contributed by atoms with Gasteiger partial charge in [-0.2, -0.15) is 0 Å². The first-order valence-electron chi connectivity index (χ1n) is 8.02. The van der Waals surface area contributed by atoms with Crippen LogP contribution in [0, 0.1) is 0 Å². The van der Waals surface area contributed by atoms with E-state index in [-0.39, 0.29) is 16.8 Å². The molecule has 0 spiro atoms. The SMILES string of the molecule is CCCCCCCCCCCC(=O)SCC(=O)NC(C)=O. The van der Waals surface area contributed by atoms with Crippen molar-refractivity contribution in [1.82, 2.24) is 5.32 Å². The fourth-order valence-electron chi connectivity index (χ4n) is 2.03. The van der Waals surface area contributed by atoms with Crippen molar-refractivity contribution in [2.75, 3.05) is 5.75 Å². The fraction of sp³-hybridized carbons (Fsp3) is 0.812. The van der Waals surface area contributed by atoms with E-state index in [1.165, 1.54) is 51.9 Å². The Bertz CT molecular complexity index is 319. The zero-order valence-corrected chi connectivity index (χ0v) is 14.2. The van der Waals surface area contributed by atoms with E-state index in [9.17, 15) is 14.4 Å². The van der Waals surface area contributed by atoms with Crippen molar-refractivity contribution in [3.8, 4) is 0 Å². The molecule has 0 aliphatic rings. The Morgan fingerprint density at radius 3 is 1.90 bits per heavy atom. The summed E-state index contributed by atoms with van der Waals surface area (Å²) < 4.78 is 0. The van der Waals surface area contributed by atoms with E-state index in [4.69, 9.17) is 0 Å². The lowest BCUT2D eigenvalue weighted by Gasteiger charge is -2.02. The van der Waals surface area contributed by atoms with Crippen LogP contribution < -0.4 is 5.32 Å². The Hall–Kier alpha value is -0.840. The summed E-state index contributed by atoms with van der Waals surface area (Å²) >= 11 is 1.00. The highest BCUT2D eigenvalue weighted by Crippen LogP contribution is 2.13. The van der Waals surface area contributed by atoms with Gasteiger partial charge in [-0.3, -0.25) is 19.7 Å². The molecule has 5 heteroatoms. The van der Waals surface area contributed by atoms with Gasteiger partial charge in [0.1, 0.15) is 0 Å². The van der Waals surface area contributed by atoms with E-state index >= 15 is 0 Å². The summed E-state index contributed by atoms with van der Waals surface area (Å²) in [4.78, 5) is 33.3. The van der Waals surface area contributed by atoms with Crippen LogP contribution in [0.5, 0.6) is 0 Å². The number of rotatable bonds is 12. The molecule has 0 saturated carbocycles. The van der Waals surface area contributed by atoms with Crippen LogP contribution in [0.2, 0.25) is 0 Å². The van der Waals surface area contributed by atoms with Crippen molar-refractivity contribution in [1.29, 1.82) is 0 Å². The van der Waals surface area contributed by atoms with E-state index in [0.29, 0.717) is 6.42 Å². The molecule has 0 bridgehead atoms. The molecule has 21 heavy (non-hydrogen) atoms. The molecule has 0 fully saturated rings. The van der Waals surface area contributed by atoms with E-state index in [1.807, 2.05) is 0 Å². The molecule has 4 nitrogen and oxygen atoms in total. The third-order valence-electron chi connectivity index (χ3n) is 3.16. The zero-order chi connectivity index (χ0) is 15.9. The molecule has 0 aromatic rings. The van der Waals surface area contributed by atoms with Crippen molar-refractivity contribution >= 4 is 28.7 Å². The zero-order valence-electron chi connectivity index (χ0n) is 13.4. The summed E-state index contributed by atoms with van der Waals surface area (Å²) in [7, 11) is 0. The molecular formula is C16H29NO3S. The second-order valence-corrected chi connectivity index (χ2v) is 6.38. The second kappa shape index (κ2) is 14.1. The molecule has 0 heterocycles. The lowest BCUT2D eigenvalue weighted by molar-refractivity contribution is -0.127.